The normalized spacial score (nSPS) is 12.7. The van der Waals surface area contributed by atoms with Crippen molar-refractivity contribution in [1.82, 2.24) is 0 Å². The van der Waals surface area contributed by atoms with Crippen LogP contribution in [-0.2, 0) is 0 Å². The van der Waals surface area contributed by atoms with E-state index in [4.69, 9.17) is 0 Å². The molecule has 6 heteroatoms. The zero-order valence-electron chi connectivity index (χ0n) is 27.7. The van der Waals surface area contributed by atoms with Gasteiger partial charge in [-0.25, -0.2) is 0 Å². The molecule has 2 aromatic heterocycles. The Kier molecular flexibility index (Phi) is 23.1. The van der Waals surface area contributed by atoms with Crippen molar-refractivity contribution in [2.24, 2.45) is 0 Å². The van der Waals surface area contributed by atoms with Crippen molar-refractivity contribution in [2.75, 3.05) is 23.7 Å². The summed E-state index contributed by atoms with van der Waals surface area (Å²) in [5.41, 5.74) is 2.47. The standard InChI is InChI=1S/C37H62Br2N4/c1-3-5-7-9-11-16-20-28-40-34-24-30-42(31-25-34)36(38)22-18-14-13-15-19-23-37(39)43-32-26-35(27-33-43)41-29-21-17-12-10-8-6-4-2/h24-27,30-33,36-37H,3-23,28-29H2,1-2H3/p+2. The van der Waals surface area contributed by atoms with Crippen LogP contribution in [0.25, 0.3) is 0 Å². The molecular weight excluding hydrogens is 660 g/mol. The Balaban J connectivity index is 1.47. The van der Waals surface area contributed by atoms with Crippen molar-refractivity contribution in [3.05, 3.63) is 49.1 Å². The van der Waals surface area contributed by atoms with E-state index in [1.165, 1.54) is 146 Å². The van der Waals surface area contributed by atoms with Crippen LogP contribution in [0.2, 0.25) is 0 Å². The summed E-state index contributed by atoms with van der Waals surface area (Å²) in [5, 5.41) is 7.17. The van der Waals surface area contributed by atoms with E-state index in [9.17, 15) is 0 Å². The number of alkyl halides is 2. The molecule has 0 spiro atoms. The van der Waals surface area contributed by atoms with Gasteiger partial charge in [-0.2, -0.15) is 9.13 Å². The highest BCUT2D eigenvalue weighted by Crippen LogP contribution is 2.21. The minimum atomic E-state index is 0.376. The number of aromatic nitrogens is 2. The molecule has 2 heterocycles. The first-order chi connectivity index (χ1) is 21.1. The summed E-state index contributed by atoms with van der Waals surface area (Å²) in [6, 6.07) is 8.86. The maximum absolute atomic E-state index is 3.90. The molecule has 0 bridgehead atoms. The van der Waals surface area contributed by atoms with Crippen molar-refractivity contribution >= 4 is 43.2 Å². The molecule has 0 aliphatic rings. The number of pyridine rings is 2. The molecular formula is C37H64Br2N4+2. The molecule has 0 saturated carbocycles. The molecule has 0 aromatic carbocycles. The molecule has 0 aliphatic heterocycles. The van der Waals surface area contributed by atoms with Gasteiger partial charge in [-0.05, 0) is 57.5 Å². The summed E-state index contributed by atoms with van der Waals surface area (Å²) in [6.45, 7) is 6.72. The summed E-state index contributed by atoms with van der Waals surface area (Å²) < 4.78 is 4.59. The first-order valence-corrected chi connectivity index (χ1v) is 19.7. The molecule has 0 fully saturated rings. The van der Waals surface area contributed by atoms with Crippen LogP contribution in [0.3, 0.4) is 0 Å². The van der Waals surface area contributed by atoms with E-state index < -0.39 is 0 Å². The van der Waals surface area contributed by atoms with Crippen molar-refractivity contribution in [3.63, 3.8) is 0 Å². The van der Waals surface area contributed by atoms with Crippen LogP contribution in [0.4, 0.5) is 11.4 Å². The molecule has 4 nitrogen and oxygen atoms in total. The van der Waals surface area contributed by atoms with Gasteiger partial charge in [0.15, 0.2) is 24.8 Å². The van der Waals surface area contributed by atoms with E-state index in [0.29, 0.717) is 9.90 Å². The van der Waals surface area contributed by atoms with Crippen molar-refractivity contribution in [3.8, 4) is 0 Å². The second-order valence-corrected chi connectivity index (χ2v) is 14.5. The van der Waals surface area contributed by atoms with Crippen molar-refractivity contribution in [1.29, 1.82) is 0 Å². The monoisotopic (exact) mass is 722 g/mol. The van der Waals surface area contributed by atoms with Gasteiger partial charge in [-0.1, -0.05) is 110 Å². The van der Waals surface area contributed by atoms with E-state index in [2.05, 4.69) is 115 Å². The highest BCUT2D eigenvalue weighted by atomic mass is 79.9. The van der Waals surface area contributed by atoms with Crippen LogP contribution < -0.4 is 19.8 Å². The number of rotatable bonds is 28. The number of halogens is 2. The van der Waals surface area contributed by atoms with E-state index >= 15 is 0 Å². The Morgan fingerprint density at radius 3 is 1.12 bits per heavy atom. The van der Waals surface area contributed by atoms with Crippen LogP contribution in [0.15, 0.2) is 49.1 Å². The predicted octanol–water partition coefficient (Wildman–Crippen LogP) is 11.8. The summed E-state index contributed by atoms with van der Waals surface area (Å²) in [6.07, 6.45) is 36.6. The molecule has 0 aliphatic carbocycles. The SMILES string of the molecule is CCCCCCCCCNc1cc[n+](C(Br)CCCCCCCC(Br)[n+]2ccc(NCCCCCCCCC)cc2)cc1. The van der Waals surface area contributed by atoms with Crippen LogP contribution in [-0.4, -0.2) is 13.1 Å². The topological polar surface area (TPSA) is 31.8 Å². The lowest BCUT2D eigenvalue weighted by Crippen LogP contribution is -2.35. The third-order valence-electron chi connectivity index (χ3n) is 8.46. The lowest BCUT2D eigenvalue weighted by atomic mass is 10.1. The second-order valence-electron chi connectivity index (χ2n) is 12.4. The maximum atomic E-state index is 3.90. The first kappa shape index (κ1) is 38.0. The van der Waals surface area contributed by atoms with Gasteiger partial charge in [0.2, 0.25) is 9.90 Å². The van der Waals surface area contributed by atoms with E-state index in [1.807, 2.05) is 0 Å². The molecule has 2 unspecified atom stereocenters. The highest BCUT2D eigenvalue weighted by Gasteiger charge is 2.15. The molecule has 2 aromatic rings. The Labute approximate surface area is 282 Å². The molecule has 0 saturated heterocycles. The van der Waals surface area contributed by atoms with Crippen LogP contribution in [0.1, 0.15) is 159 Å². The predicted molar refractivity (Wildman–Crippen MR) is 194 cm³/mol. The van der Waals surface area contributed by atoms with Gasteiger partial charge < -0.3 is 10.6 Å². The highest BCUT2D eigenvalue weighted by molar-refractivity contribution is 9.09. The molecule has 0 radical (unpaired) electrons. The first-order valence-electron chi connectivity index (χ1n) is 17.9. The van der Waals surface area contributed by atoms with Gasteiger partial charge >= 0.3 is 0 Å². The fourth-order valence-corrected chi connectivity index (χ4v) is 6.76. The lowest BCUT2D eigenvalue weighted by Gasteiger charge is -2.09. The number of anilines is 2. The van der Waals surface area contributed by atoms with Gasteiger partial charge in [-0.3, -0.25) is 0 Å². The van der Waals surface area contributed by atoms with Gasteiger partial charge in [0.1, 0.15) is 0 Å². The Bertz CT molecular complexity index is 817. The van der Waals surface area contributed by atoms with Crippen LogP contribution in [0.5, 0.6) is 0 Å². The average Bonchev–Trinajstić information content (AvgIpc) is 3.03. The minimum Gasteiger partial charge on any atom is -0.385 e. The number of hydrogen-bond donors (Lipinski definition) is 2. The zero-order chi connectivity index (χ0) is 30.8. The number of nitrogens with one attached hydrogen (secondary N) is 2. The van der Waals surface area contributed by atoms with Crippen molar-refractivity contribution in [2.45, 2.75) is 159 Å². The van der Waals surface area contributed by atoms with Gasteiger partial charge in [0.05, 0.1) is 0 Å². The average molecular weight is 725 g/mol. The van der Waals surface area contributed by atoms with Crippen LogP contribution >= 0.6 is 31.9 Å². The van der Waals surface area contributed by atoms with E-state index in [-0.39, 0.29) is 0 Å². The summed E-state index contributed by atoms with van der Waals surface area (Å²) >= 11 is 7.80. The van der Waals surface area contributed by atoms with E-state index in [0.717, 1.165) is 13.1 Å². The lowest BCUT2D eigenvalue weighted by molar-refractivity contribution is -0.698. The Morgan fingerprint density at radius 1 is 0.465 bits per heavy atom. The Morgan fingerprint density at radius 2 is 0.767 bits per heavy atom. The molecule has 43 heavy (non-hydrogen) atoms. The summed E-state index contributed by atoms with van der Waals surface area (Å²) in [4.78, 5) is 0.752. The molecule has 2 N–H and O–H groups in total. The minimum absolute atomic E-state index is 0.376. The zero-order valence-corrected chi connectivity index (χ0v) is 30.9. The smallest absolute Gasteiger partial charge is 0.211 e. The van der Waals surface area contributed by atoms with Gasteiger partial charge in [-0.15, -0.1) is 0 Å². The molecule has 2 rings (SSSR count). The largest absolute Gasteiger partial charge is 0.385 e. The van der Waals surface area contributed by atoms with Crippen LogP contribution in [0, 0.1) is 0 Å². The number of hydrogen-bond acceptors (Lipinski definition) is 2. The molecule has 0 amide bonds. The summed E-state index contributed by atoms with van der Waals surface area (Å²) in [7, 11) is 0. The van der Waals surface area contributed by atoms with E-state index in [1.54, 1.807) is 0 Å². The summed E-state index contributed by atoms with van der Waals surface area (Å²) in [5.74, 6) is 0. The number of unbranched alkanes of at least 4 members (excludes halogenated alkanes) is 16. The third-order valence-corrected chi connectivity index (χ3v) is 10.3. The second kappa shape index (κ2) is 26.1. The number of nitrogens with zero attached hydrogens (tertiary/aromatic N) is 2. The quantitative estimate of drug-likeness (QED) is 0.0520. The van der Waals surface area contributed by atoms with Gasteiger partial charge in [0.25, 0.3) is 0 Å². The fourth-order valence-electron chi connectivity index (χ4n) is 5.57. The Hall–Kier alpha value is -1.14. The third kappa shape index (κ3) is 19.1. The molecule has 244 valence electrons. The fraction of sp³-hybridized carbons (Fsp3) is 0.730. The molecule has 2 atom stereocenters. The van der Waals surface area contributed by atoms with Gasteiger partial charge in [0, 0.05) is 61.6 Å². The maximum Gasteiger partial charge on any atom is 0.211 e. The van der Waals surface area contributed by atoms with Crippen molar-refractivity contribution < 1.29 is 9.13 Å².